The van der Waals surface area contributed by atoms with Gasteiger partial charge < -0.3 is 10.1 Å². The molecule has 0 saturated carbocycles. The summed E-state index contributed by atoms with van der Waals surface area (Å²) in [6, 6.07) is 5.57. The van der Waals surface area contributed by atoms with Gasteiger partial charge in [-0.3, -0.25) is 4.79 Å². The second kappa shape index (κ2) is 6.34. The van der Waals surface area contributed by atoms with Crippen LogP contribution in [0.2, 0.25) is 0 Å². The first-order valence-corrected chi connectivity index (χ1v) is 5.44. The van der Waals surface area contributed by atoms with Gasteiger partial charge in [-0.1, -0.05) is 28.6 Å². The average molecular weight is 306 g/mol. The van der Waals surface area contributed by atoms with Gasteiger partial charge in [-0.25, -0.2) is 0 Å². The van der Waals surface area contributed by atoms with Gasteiger partial charge in [0.25, 0.3) is 5.91 Å². The van der Waals surface area contributed by atoms with Crippen molar-refractivity contribution in [1.82, 2.24) is 5.32 Å². The molecule has 0 radical (unpaired) electrons. The van der Waals surface area contributed by atoms with Crippen molar-refractivity contribution < 1.29 is 18.3 Å². The maximum atomic E-state index is 12.0. The first-order chi connectivity index (χ1) is 7.99. The fraction of sp³-hybridized carbons (Fsp3) is 0.182. The van der Waals surface area contributed by atoms with Crippen LogP contribution in [0.15, 0.2) is 35.3 Å². The van der Waals surface area contributed by atoms with Crippen molar-refractivity contribution >= 4 is 21.8 Å². The van der Waals surface area contributed by atoms with Gasteiger partial charge >= 0.3 is 6.61 Å². The van der Waals surface area contributed by atoms with E-state index in [1.54, 1.807) is 0 Å². The standard InChI is InChI=1S/C11H10BrF2NO2/c1-7(12)6-15-10(16)8-3-2-4-9(5-8)17-11(13)14/h2-5,11H,1,6H2,(H,15,16). The van der Waals surface area contributed by atoms with Crippen LogP contribution in [-0.4, -0.2) is 19.1 Å². The van der Waals surface area contributed by atoms with E-state index in [1.807, 2.05) is 0 Å². The fourth-order valence-corrected chi connectivity index (χ4v) is 1.23. The Labute approximate surface area is 106 Å². The van der Waals surface area contributed by atoms with Crippen molar-refractivity contribution in [2.75, 3.05) is 6.54 Å². The first kappa shape index (κ1) is 13.6. The molecule has 0 aromatic heterocycles. The molecular weight excluding hydrogens is 296 g/mol. The van der Waals surface area contributed by atoms with Crippen LogP contribution in [-0.2, 0) is 0 Å². The van der Waals surface area contributed by atoms with E-state index in [0.29, 0.717) is 4.48 Å². The summed E-state index contributed by atoms with van der Waals surface area (Å²) in [6.07, 6.45) is 0. The van der Waals surface area contributed by atoms with Gasteiger partial charge in [0.15, 0.2) is 0 Å². The van der Waals surface area contributed by atoms with Crippen LogP contribution < -0.4 is 10.1 Å². The lowest BCUT2D eigenvalue weighted by molar-refractivity contribution is -0.0498. The van der Waals surface area contributed by atoms with Crippen molar-refractivity contribution in [3.8, 4) is 5.75 Å². The molecule has 0 bridgehead atoms. The van der Waals surface area contributed by atoms with E-state index in [4.69, 9.17) is 0 Å². The van der Waals surface area contributed by atoms with Gasteiger partial charge in [0.05, 0.1) is 0 Å². The highest BCUT2D eigenvalue weighted by atomic mass is 79.9. The molecule has 0 aliphatic carbocycles. The molecule has 1 N–H and O–H groups in total. The first-order valence-electron chi connectivity index (χ1n) is 4.65. The van der Waals surface area contributed by atoms with Gasteiger partial charge in [0.2, 0.25) is 0 Å². The summed E-state index contributed by atoms with van der Waals surface area (Å²) in [4.78, 5) is 11.6. The Bertz CT molecular complexity index is 424. The summed E-state index contributed by atoms with van der Waals surface area (Å²) in [6.45, 7) is 0.912. The number of hydrogen-bond acceptors (Lipinski definition) is 2. The molecule has 3 nitrogen and oxygen atoms in total. The van der Waals surface area contributed by atoms with Crippen LogP contribution in [0.5, 0.6) is 5.75 Å². The predicted octanol–water partition coefficient (Wildman–Crippen LogP) is 2.93. The van der Waals surface area contributed by atoms with Crippen LogP contribution in [0.3, 0.4) is 0 Å². The molecule has 0 saturated heterocycles. The fourth-order valence-electron chi connectivity index (χ4n) is 1.09. The molecule has 17 heavy (non-hydrogen) atoms. The molecule has 0 unspecified atom stereocenters. The van der Waals surface area contributed by atoms with Gasteiger partial charge in [0, 0.05) is 16.6 Å². The normalized spacial score (nSPS) is 10.1. The lowest BCUT2D eigenvalue weighted by Crippen LogP contribution is -2.24. The number of ether oxygens (including phenoxy) is 1. The number of hydrogen-bond donors (Lipinski definition) is 1. The molecule has 0 aliphatic heterocycles. The molecule has 0 spiro atoms. The Hall–Kier alpha value is -1.43. The Morgan fingerprint density at radius 2 is 2.24 bits per heavy atom. The van der Waals surface area contributed by atoms with E-state index < -0.39 is 6.61 Å². The lowest BCUT2D eigenvalue weighted by Gasteiger charge is -2.07. The number of carbonyl (C=O) groups is 1. The van der Waals surface area contributed by atoms with Crippen LogP contribution >= 0.6 is 15.9 Å². The summed E-state index contributed by atoms with van der Waals surface area (Å²) in [5.74, 6) is -0.435. The van der Waals surface area contributed by atoms with E-state index in [-0.39, 0.29) is 23.8 Å². The van der Waals surface area contributed by atoms with E-state index in [9.17, 15) is 13.6 Å². The van der Waals surface area contributed by atoms with E-state index in [1.165, 1.54) is 24.3 Å². The number of benzene rings is 1. The average Bonchev–Trinajstić information content (AvgIpc) is 2.25. The third kappa shape index (κ3) is 4.95. The largest absolute Gasteiger partial charge is 0.435 e. The summed E-state index contributed by atoms with van der Waals surface area (Å²) >= 11 is 3.09. The summed E-state index contributed by atoms with van der Waals surface area (Å²) < 4.78 is 28.7. The van der Waals surface area contributed by atoms with Crippen LogP contribution in [0, 0.1) is 0 Å². The predicted molar refractivity (Wildman–Crippen MR) is 63.5 cm³/mol. The number of carbonyl (C=O) groups excluding carboxylic acids is 1. The Morgan fingerprint density at radius 1 is 1.53 bits per heavy atom. The van der Waals surface area contributed by atoms with Crippen LogP contribution in [0.4, 0.5) is 8.78 Å². The second-order valence-corrected chi connectivity index (χ2v) is 4.23. The van der Waals surface area contributed by atoms with Crippen LogP contribution in [0.25, 0.3) is 0 Å². The van der Waals surface area contributed by atoms with Gasteiger partial charge in [-0.05, 0) is 18.2 Å². The zero-order chi connectivity index (χ0) is 12.8. The molecule has 92 valence electrons. The molecule has 1 amide bonds. The maximum absolute atomic E-state index is 12.0. The third-order valence-electron chi connectivity index (χ3n) is 1.76. The van der Waals surface area contributed by atoms with E-state index in [2.05, 4.69) is 32.6 Å². The second-order valence-electron chi connectivity index (χ2n) is 3.11. The molecule has 6 heteroatoms. The summed E-state index contributed by atoms with van der Waals surface area (Å²) in [5.41, 5.74) is 0.247. The Morgan fingerprint density at radius 3 is 2.82 bits per heavy atom. The van der Waals surface area contributed by atoms with Crippen molar-refractivity contribution in [2.24, 2.45) is 0 Å². The minimum atomic E-state index is -2.91. The van der Waals surface area contributed by atoms with Crippen molar-refractivity contribution in [3.05, 3.63) is 40.9 Å². The number of nitrogens with one attached hydrogen (secondary N) is 1. The Kier molecular flexibility index (Phi) is 5.09. The van der Waals surface area contributed by atoms with E-state index >= 15 is 0 Å². The van der Waals surface area contributed by atoms with Gasteiger partial charge in [-0.2, -0.15) is 8.78 Å². The van der Waals surface area contributed by atoms with E-state index in [0.717, 1.165) is 0 Å². The highest BCUT2D eigenvalue weighted by Gasteiger charge is 2.09. The molecular formula is C11H10BrF2NO2. The zero-order valence-corrected chi connectivity index (χ0v) is 10.3. The lowest BCUT2D eigenvalue weighted by atomic mass is 10.2. The molecule has 0 aliphatic rings. The van der Waals surface area contributed by atoms with Gasteiger partial charge in [0.1, 0.15) is 5.75 Å². The smallest absolute Gasteiger partial charge is 0.387 e. The molecule has 1 aromatic carbocycles. The number of rotatable bonds is 5. The molecule has 0 fully saturated rings. The Balaban J connectivity index is 2.70. The van der Waals surface area contributed by atoms with Crippen molar-refractivity contribution in [1.29, 1.82) is 0 Å². The number of halogens is 3. The molecule has 0 atom stereocenters. The van der Waals surface area contributed by atoms with Crippen molar-refractivity contribution in [3.63, 3.8) is 0 Å². The quantitative estimate of drug-likeness (QED) is 0.908. The van der Waals surface area contributed by atoms with Crippen molar-refractivity contribution in [2.45, 2.75) is 6.61 Å². The highest BCUT2D eigenvalue weighted by Crippen LogP contribution is 2.15. The molecule has 1 aromatic rings. The van der Waals surface area contributed by atoms with Gasteiger partial charge in [-0.15, -0.1) is 0 Å². The monoisotopic (exact) mass is 305 g/mol. The number of amides is 1. The minimum absolute atomic E-state index is 0.0506. The third-order valence-corrected chi connectivity index (χ3v) is 2.04. The topological polar surface area (TPSA) is 38.3 Å². The molecule has 0 heterocycles. The highest BCUT2D eigenvalue weighted by molar-refractivity contribution is 9.11. The maximum Gasteiger partial charge on any atom is 0.387 e. The summed E-state index contributed by atoms with van der Waals surface area (Å²) in [7, 11) is 0. The summed E-state index contributed by atoms with van der Waals surface area (Å²) in [5, 5.41) is 2.55. The minimum Gasteiger partial charge on any atom is -0.435 e. The molecule has 1 rings (SSSR count). The SMILES string of the molecule is C=C(Br)CNC(=O)c1cccc(OC(F)F)c1. The zero-order valence-electron chi connectivity index (χ0n) is 8.75. The van der Waals surface area contributed by atoms with Crippen LogP contribution in [0.1, 0.15) is 10.4 Å². The number of alkyl halides is 2.